The first kappa shape index (κ1) is 24.3. The monoisotopic (exact) mass is 410 g/mol. The van der Waals surface area contributed by atoms with Gasteiger partial charge in [0.1, 0.15) is 11.8 Å². The van der Waals surface area contributed by atoms with E-state index in [1.807, 2.05) is 12.1 Å². The molecule has 2 N–H and O–H groups in total. The normalized spacial score (nSPS) is 21.3. The lowest BCUT2D eigenvalue weighted by Gasteiger charge is -2.35. The molecule has 1 fully saturated rings. The van der Waals surface area contributed by atoms with Crippen LogP contribution in [0.1, 0.15) is 52.0 Å². The standard InChI is InChI=1S/C21H32N2O4.H2S/c1-5-21(11-6-7-12-23(4)14-21)16-9-8-10-17(13-16)27-20(26)22-18(15(2)3)19(24)25;/h8-10,13,15,18H,5-7,11-12,14H2,1-4H3,(H,22,26)(H,24,25);1H2/t18-,21?;/m0./s1. The van der Waals surface area contributed by atoms with Crippen molar-refractivity contribution in [1.29, 1.82) is 0 Å². The Balaban J connectivity index is 0.00000392. The number of ether oxygens (including phenoxy) is 1. The average Bonchev–Trinajstić information content (AvgIpc) is 2.81. The zero-order valence-electron chi connectivity index (χ0n) is 17.3. The van der Waals surface area contributed by atoms with Crippen LogP contribution in [0.4, 0.5) is 4.79 Å². The highest BCUT2D eigenvalue weighted by Gasteiger charge is 2.33. The van der Waals surface area contributed by atoms with Crippen LogP contribution in [0, 0.1) is 5.92 Å². The van der Waals surface area contributed by atoms with Gasteiger partial charge in [-0.25, -0.2) is 9.59 Å². The van der Waals surface area contributed by atoms with Crippen molar-refractivity contribution in [2.45, 2.75) is 57.9 Å². The molecule has 1 saturated heterocycles. The molecule has 1 unspecified atom stereocenters. The van der Waals surface area contributed by atoms with E-state index in [1.54, 1.807) is 19.9 Å². The lowest BCUT2D eigenvalue weighted by Crippen LogP contribution is -2.45. The van der Waals surface area contributed by atoms with Crippen molar-refractivity contribution in [1.82, 2.24) is 10.2 Å². The number of benzene rings is 1. The third kappa shape index (κ3) is 6.14. The van der Waals surface area contributed by atoms with Gasteiger partial charge in [0.05, 0.1) is 0 Å². The molecule has 1 aliphatic heterocycles. The first-order valence-corrected chi connectivity index (χ1v) is 9.77. The summed E-state index contributed by atoms with van der Waals surface area (Å²) in [6.07, 6.45) is 3.76. The van der Waals surface area contributed by atoms with Gasteiger partial charge in [0.25, 0.3) is 0 Å². The van der Waals surface area contributed by atoms with Crippen molar-refractivity contribution in [2.75, 3.05) is 20.1 Å². The molecule has 1 aromatic rings. The number of likely N-dealkylation sites (tertiary alicyclic amines) is 1. The van der Waals surface area contributed by atoms with Crippen LogP contribution in [0.5, 0.6) is 5.75 Å². The summed E-state index contributed by atoms with van der Waals surface area (Å²) < 4.78 is 5.40. The molecule has 0 aromatic heterocycles. The Hall–Kier alpha value is -1.73. The summed E-state index contributed by atoms with van der Waals surface area (Å²) in [7, 11) is 2.15. The van der Waals surface area contributed by atoms with E-state index in [9.17, 15) is 14.7 Å². The van der Waals surface area contributed by atoms with Gasteiger partial charge in [-0.3, -0.25) is 0 Å². The number of nitrogens with one attached hydrogen (secondary N) is 1. The molecule has 2 atom stereocenters. The Labute approximate surface area is 175 Å². The summed E-state index contributed by atoms with van der Waals surface area (Å²) in [6, 6.07) is 6.68. The Kier molecular flexibility index (Phi) is 9.30. The number of hydrogen-bond acceptors (Lipinski definition) is 4. The van der Waals surface area contributed by atoms with E-state index in [0.29, 0.717) is 5.75 Å². The van der Waals surface area contributed by atoms with E-state index in [2.05, 4.69) is 30.3 Å². The van der Waals surface area contributed by atoms with E-state index in [-0.39, 0.29) is 24.8 Å². The van der Waals surface area contributed by atoms with Crippen molar-refractivity contribution in [2.24, 2.45) is 5.92 Å². The van der Waals surface area contributed by atoms with Crippen molar-refractivity contribution < 1.29 is 19.4 Å². The van der Waals surface area contributed by atoms with Gasteiger partial charge >= 0.3 is 12.1 Å². The fourth-order valence-corrected chi connectivity index (χ4v) is 3.91. The number of rotatable bonds is 6. The summed E-state index contributed by atoms with van der Waals surface area (Å²) in [5, 5.41) is 11.7. The van der Waals surface area contributed by atoms with Gasteiger partial charge in [0, 0.05) is 12.0 Å². The van der Waals surface area contributed by atoms with Gasteiger partial charge in [-0.2, -0.15) is 13.5 Å². The molecule has 0 bridgehead atoms. The van der Waals surface area contributed by atoms with Gasteiger partial charge in [-0.05, 0) is 56.5 Å². The van der Waals surface area contributed by atoms with Crippen LogP contribution in [-0.4, -0.2) is 48.2 Å². The number of carboxylic acids is 1. The molecule has 1 aliphatic rings. The predicted molar refractivity (Wildman–Crippen MR) is 116 cm³/mol. The topological polar surface area (TPSA) is 78.9 Å². The lowest BCUT2D eigenvalue weighted by atomic mass is 9.74. The molecule has 0 aliphatic carbocycles. The molecule has 2 rings (SSSR count). The number of carbonyl (C=O) groups excluding carboxylic acids is 1. The summed E-state index contributed by atoms with van der Waals surface area (Å²) in [5.41, 5.74) is 1.21. The highest BCUT2D eigenvalue weighted by molar-refractivity contribution is 7.59. The van der Waals surface area contributed by atoms with E-state index in [4.69, 9.17) is 4.74 Å². The third-order valence-corrected chi connectivity index (χ3v) is 5.56. The number of aliphatic carboxylic acids is 1. The second kappa shape index (κ2) is 10.7. The molecule has 28 heavy (non-hydrogen) atoms. The van der Waals surface area contributed by atoms with Crippen molar-refractivity contribution >= 4 is 25.6 Å². The quantitative estimate of drug-likeness (QED) is 0.746. The van der Waals surface area contributed by atoms with Crippen LogP contribution in [0.3, 0.4) is 0 Å². The average molecular weight is 411 g/mol. The maximum absolute atomic E-state index is 12.2. The number of carbonyl (C=O) groups is 2. The summed E-state index contributed by atoms with van der Waals surface area (Å²) >= 11 is 0. The van der Waals surface area contributed by atoms with Crippen LogP contribution in [0.2, 0.25) is 0 Å². The van der Waals surface area contributed by atoms with Gasteiger partial charge in [0.2, 0.25) is 0 Å². The summed E-state index contributed by atoms with van der Waals surface area (Å²) in [4.78, 5) is 25.8. The molecule has 1 aromatic carbocycles. The molecular formula is C21H34N2O4S. The van der Waals surface area contributed by atoms with E-state index in [0.717, 1.165) is 25.9 Å². The molecule has 0 saturated carbocycles. The fraction of sp³-hybridized carbons (Fsp3) is 0.619. The van der Waals surface area contributed by atoms with Crippen molar-refractivity contribution in [3.8, 4) is 5.75 Å². The highest BCUT2D eigenvalue weighted by Crippen LogP contribution is 2.37. The molecular weight excluding hydrogens is 376 g/mol. The molecule has 1 heterocycles. The number of carboxylic acid groups (broad SMARTS) is 1. The Morgan fingerprint density at radius 3 is 2.64 bits per heavy atom. The number of hydrogen-bond donors (Lipinski definition) is 2. The van der Waals surface area contributed by atoms with Gasteiger partial charge < -0.3 is 20.1 Å². The number of nitrogens with zero attached hydrogens (tertiary/aromatic N) is 1. The molecule has 0 radical (unpaired) electrons. The van der Waals surface area contributed by atoms with Crippen LogP contribution < -0.4 is 10.1 Å². The van der Waals surface area contributed by atoms with Crippen LogP contribution in [0.15, 0.2) is 24.3 Å². The van der Waals surface area contributed by atoms with Gasteiger partial charge in [-0.1, -0.05) is 39.3 Å². The summed E-state index contributed by atoms with van der Waals surface area (Å²) in [6.45, 7) is 7.78. The minimum absolute atomic E-state index is 0. The Morgan fingerprint density at radius 2 is 2.04 bits per heavy atom. The SMILES string of the molecule is CCC1(c2cccc(OC(=O)N[C@H](C(=O)O)C(C)C)c2)CCCCN(C)C1.S. The predicted octanol–water partition coefficient (Wildman–Crippen LogP) is 3.76. The maximum atomic E-state index is 12.2. The Morgan fingerprint density at radius 1 is 1.32 bits per heavy atom. The first-order chi connectivity index (χ1) is 12.8. The second-order valence-electron chi connectivity index (χ2n) is 7.95. The van der Waals surface area contributed by atoms with Crippen LogP contribution in [-0.2, 0) is 10.2 Å². The molecule has 1 amide bonds. The highest BCUT2D eigenvalue weighted by atomic mass is 32.1. The maximum Gasteiger partial charge on any atom is 0.413 e. The smallest absolute Gasteiger partial charge is 0.413 e. The molecule has 6 nitrogen and oxygen atoms in total. The van der Waals surface area contributed by atoms with Gasteiger partial charge in [0.15, 0.2) is 0 Å². The van der Waals surface area contributed by atoms with E-state index < -0.39 is 18.1 Å². The minimum atomic E-state index is -1.07. The van der Waals surface area contributed by atoms with Gasteiger partial charge in [-0.15, -0.1) is 0 Å². The molecule has 158 valence electrons. The summed E-state index contributed by atoms with van der Waals surface area (Å²) in [5.74, 6) is -0.856. The zero-order valence-corrected chi connectivity index (χ0v) is 18.3. The molecule has 7 heteroatoms. The largest absolute Gasteiger partial charge is 0.480 e. The lowest BCUT2D eigenvalue weighted by molar-refractivity contribution is -0.140. The van der Waals surface area contributed by atoms with Crippen molar-refractivity contribution in [3.63, 3.8) is 0 Å². The third-order valence-electron chi connectivity index (χ3n) is 5.56. The molecule has 0 spiro atoms. The second-order valence-corrected chi connectivity index (χ2v) is 7.95. The van der Waals surface area contributed by atoms with Crippen molar-refractivity contribution in [3.05, 3.63) is 29.8 Å². The number of amides is 1. The first-order valence-electron chi connectivity index (χ1n) is 9.77. The van der Waals surface area contributed by atoms with Crippen LogP contribution >= 0.6 is 13.5 Å². The fourth-order valence-electron chi connectivity index (χ4n) is 3.91. The Bertz CT molecular complexity index is 668. The van der Waals surface area contributed by atoms with E-state index >= 15 is 0 Å². The number of likely N-dealkylation sites (N-methyl/N-ethyl adjacent to an activating group) is 1. The van der Waals surface area contributed by atoms with Crippen LogP contribution in [0.25, 0.3) is 0 Å². The minimum Gasteiger partial charge on any atom is -0.480 e. The van der Waals surface area contributed by atoms with E-state index in [1.165, 1.54) is 18.4 Å². The zero-order chi connectivity index (χ0) is 20.0.